The van der Waals surface area contributed by atoms with E-state index in [9.17, 15) is 0 Å². The van der Waals surface area contributed by atoms with Gasteiger partial charge in [0.05, 0.1) is 13.3 Å². The molecule has 1 aromatic heterocycles. The SMILES string of the molecule is COc1ccc(Oc2cccc(C)c2)cn1. The van der Waals surface area contributed by atoms with Crippen molar-refractivity contribution in [3.63, 3.8) is 0 Å². The van der Waals surface area contributed by atoms with Crippen LogP contribution in [0, 0.1) is 6.92 Å². The van der Waals surface area contributed by atoms with E-state index in [1.807, 2.05) is 37.3 Å². The second kappa shape index (κ2) is 4.66. The fraction of sp³-hybridized carbons (Fsp3) is 0.154. The van der Waals surface area contributed by atoms with Gasteiger partial charge in [0.2, 0.25) is 5.88 Å². The molecule has 1 heterocycles. The van der Waals surface area contributed by atoms with Gasteiger partial charge in [-0.3, -0.25) is 0 Å². The van der Waals surface area contributed by atoms with Gasteiger partial charge in [-0.15, -0.1) is 0 Å². The largest absolute Gasteiger partial charge is 0.481 e. The molecule has 0 amide bonds. The molecule has 0 aliphatic carbocycles. The van der Waals surface area contributed by atoms with Crippen LogP contribution in [-0.2, 0) is 0 Å². The average Bonchev–Trinajstić information content (AvgIpc) is 2.30. The van der Waals surface area contributed by atoms with Gasteiger partial charge in [-0.05, 0) is 30.7 Å². The molecular formula is C13H13NO2. The first kappa shape index (κ1) is 10.5. The normalized spacial score (nSPS) is 9.88. The van der Waals surface area contributed by atoms with E-state index in [1.165, 1.54) is 5.56 Å². The molecule has 0 saturated heterocycles. The average molecular weight is 215 g/mol. The summed E-state index contributed by atoms with van der Waals surface area (Å²) >= 11 is 0. The van der Waals surface area contributed by atoms with E-state index in [2.05, 4.69) is 4.98 Å². The summed E-state index contributed by atoms with van der Waals surface area (Å²) in [6.45, 7) is 2.03. The molecule has 0 N–H and O–H groups in total. The minimum atomic E-state index is 0.580. The number of rotatable bonds is 3. The molecular weight excluding hydrogens is 202 g/mol. The number of aryl methyl sites for hydroxylation is 1. The number of hydrogen-bond acceptors (Lipinski definition) is 3. The molecule has 3 heteroatoms. The van der Waals surface area contributed by atoms with E-state index in [0.29, 0.717) is 11.6 Å². The Morgan fingerprint density at radius 3 is 2.56 bits per heavy atom. The van der Waals surface area contributed by atoms with Gasteiger partial charge in [0, 0.05) is 6.07 Å². The number of aromatic nitrogens is 1. The van der Waals surface area contributed by atoms with E-state index < -0.39 is 0 Å². The van der Waals surface area contributed by atoms with E-state index >= 15 is 0 Å². The van der Waals surface area contributed by atoms with E-state index in [0.717, 1.165) is 5.75 Å². The molecule has 0 aliphatic heterocycles. The van der Waals surface area contributed by atoms with Crippen LogP contribution >= 0.6 is 0 Å². The summed E-state index contributed by atoms with van der Waals surface area (Å²) < 4.78 is 10.6. The van der Waals surface area contributed by atoms with Crippen LogP contribution in [-0.4, -0.2) is 12.1 Å². The van der Waals surface area contributed by atoms with Crippen LogP contribution in [0.4, 0.5) is 0 Å². The summed E-state index contributed by atoms with van der Waals surface area (Å²) in [6, 6.07) is 11.5. The molecule has 2 aromatic rings. The Morgan fingerprint density at radius 2 is 1.94 bits per heavy atom. The molecule has 0 saturated carbocycles. The van der Waals surface area contributed by atoms with Crippen LogP contribution in [0.2, 0.25) is 0 Å². The van der Waals surface area contributed by atoms with Gasteiger partial charge in [-0.25, -0.2) is 4.98 Å². The lowest BCUT2D eigenvalue weighted by Gasteiger charge is -2.06. The summed E-state index contributed by atoms with van der Waals surface area (Å²) in [7, 11) is 1.59. The molecule has 3 nitrogen and oxygen atoms in total. The van der Waals surface area contributed by atoms with Crippen LogP contribution < -0.4 is 9.47 Å². The van der Waals surface area contributed by atoms with Gasteiger partial charge in [0.15, 0.2) is 0 Å². The van der Waals surface area contributed by atoms with Crippen LogP contribution in [0.5, 0.6) is 17.4 Å². The zero-order chi connectivity index (χ0) is 11.4. The summed E-state index contributed by atoms with van der Waals surface area (Å²) in [5.74, 6) is 2.09. The molecule has 0 atom stereocenters. The predicted molar refractivity (Wildman–Crippen MR) is 62.0 cm³/mol. The maximum absolute atomic E-state index is 5.64. The lowest BCUT2D eigenvalue weighted by atomic mass is 10.2. The van der Waals surface area contributed by atoms with Crippen molar-refractivity contribution in [3.05, 3.63) is 48.2 Å². The Bertz CT molecular complexity index is 466. The fourth-order valence-electron chi connectivity index (χ4n) is 1.36. The second-order valence-corrected chi connectivity index (χ2v) is 3.45. The first-order valence-corrected chi connectivity index (χ1v) is 5.02. The van der Waals surface area contributed by atoms with Crippen LogP contribution in [0.1, 0.15) is 5.56 Å². The van der Waals surface area contributed by atoms with E-state index in [4.69, 9.17) is 9.47 Å². The highest BCUT2D eigenvalue weighted by Crippen LogP contribution is 2.22. The van der Waals surface area contributed by atoms with E-state index in [-0.39, 0.29) is 0 Å². The highest BCUT2D eigenvalue weighted by Gasteiger charge is 1.98. The van der Waals surface area contributed by atoms with Crippen molar-refractivity contribution in [3.8, 4) is 17.4 Å². The smallest absolute Gasteiger partial charge is 0.213 e. The monoisotopic (exact) mass is 215 g/mol. The lowest BCUT2D eigenvalue weighted by molar-refractivity contribution is 0.395. The summed E-state index contributed by atoms with van der Waals surface area (Å²) in [4.78, 5) is 4.07. The number of ether oxygens (including phenoxy) is 2. The third-order valence-corrected chi connectivity index (χ3v) is 2.14. The molecule has 0 aliphatic rings. The third-order valence-electron chi connectivity index (χ3n) is 2.14. The standard InChI is InChI=1S/C13H13NO2/c1-10-4-3-5-11(8-10)16-12-6-7-13(15-2)14-9-12/h3-9H,1-2H3. The topological polar surface area (TPSA) is 31.4 Å². The van der Waals surface area contributed by atoms with Crippen molar-refractivity contribution >= 4 is 0 Å². The van der Waals surface area contributed by atoms with Crippen LogP contribution in [0.25, 0.3) is 0 Å². The highest BCUT2D eigenvalue weighted by molar-refractivity contribution is 5.33. The highest BCUT2D eigenvalue weighted by atomic mass is 16.5. The first-order valence-electron chi connectivity index (χ1n) is 5.02. The summed E-state index contributed by atoms with van der Waals surface area (Å²) in [5.41, 5.74) is 1.17. The molecule has 2 rings (SSSR count). The number of pyridine rings is 1. The number of hydrogen-bond donors (Lipinski definition) is 0. The molecule has 82 valence electrons. The van der Waals surface area contributed by atoms with E-state index in [1.54, 1.807) is 19.4 Å². The zero-order valence-electron chi connectivity index (χ0n) is 9.31. The van der Waals surface area contributed by atoms with Gasteiger partial charge in [0.1, 0.15) is 11.5 Å². The Kier molecular flexibility index (Phi) is 3.05. The molecule has 0 unspecified atom stereocenters. The first-order chi connectivity index (χ1) is 7.78. The summed E-state index contributed by atoms with van der Waals surface area (Å²) in [5, 5.41) is 0. The molecule has 1 aromatic carbocycles. The van der Waals surface area contributed by atoms with Crippen molar-refractivity contribution in [2.24, 2.45) is 0 Å². The maximum atomic E-state index is 5.64. The van der Waals surface area contributed by atoms with Crippen LogP contribution in [0.15, 0.2) is 42.6 Å². The Hall–Kier alpha value is -2.03. The minimum absolute atomic E-state index is 0.580. The van der Waals surface area contributed by atoms with Crippen molar-refractivity contribution in [2.75, 3.05) is 7.11 Å². The molecule has 0 fully saturated rings. The molecule has 16 heavy (non-hydrogen) atoms. The number of methoxy groups -OCH3 is 1. The van der Waals surface area contributed by atoms with Crippen molar-refractivity contribution < 1.29 is 9.47 Å². The summed E-state index contributed by atoms with van der Waals surface area (Å²) in [6.07, 6.45) is 1.64. The van der Waals surface area contributed by atoms with Gasteiger partial charge in [-0.1, -0.05) is 12.1 Å². The van der Waals surface area contributed by atoms with Gasteiger partial charge in [-0.2, -0.15) is 0 Å². The van der Waals surface area contributed by atoms with Crippen LogP contribution in [0.3, 0.4) is 0 Å². The molecule has 0 bridgehead atoms. The number of benzene rings is 1. The van der Waals surface area contributed by atoms with Gasteiger partial charge >= 0.3 is 0 Å². The number of nitrogens with zero attached hydrogens (tertiary/aromatic N) is 1. The third kappa shape index (κ3) is 2.51. The Morgan fingerprint density at radius 1 is 1.06 bits per heavy atom. The van der Waals surface area contributed by atoms with Gasteiger partial charge in [0.25, 0.3) is 0 Å². The predicted octanol–water partition coefficient (Wildman–Crippen LogP) is 3.19. The Labute approximate surface area is 94.7 Å². The fourth-order valence-corrected chi connectivity index (χ4v) is 1.36. The lowest BCUT2D eigenvalue weighted by Crippen LogP contribution is -1.89. The van der Waals surface area contributed by atoms with Gasteiger partial charge < -0.3 is 9.47 Å². The second-order valence-electron chi connectivity index (χ2n) is 3.45. The Balaban J connectivity index is 2.14. The molecule has 0 radical (unpaired) electrons. The molecule has 0 spiro atoms. The zero-order valence-corrected chi connectivity index (χ0v) is 9.31. The van der Waals surface area contributed by atoms with Crippen molar-refractivity contribution in [1.29, 1.82) is 0 Å². The maximum Gasteiger partial charge on any atom is 0.213 e. The quantitative estimate of drug-likeness (QED) is 0.787. The minimum Gasteiger partial charge on any atom is -0.481 e. The van der Waals surface area contributed by atoms with Crippen molar-refractivity contribution in [1.82, 2.24) is 4.98 Å². The van der Waals surface area contributed by atoms with Crippen molar-refractivity contribution in [2.45, 2.75) is 6.92 Å².